The zero-order valence-electron chi connectivity index (χ0n) is 10.9. The van der Waals surface area contributed by atoms with E-state index in [1.165, 1.54) is 19.0 Å². The molecule has 0 bridgehead atoms. The zero-order valence-corrected chi connectivity index (χ0v) is 13.7. The number of nitrogens with zero attached hydrogens (tertiary/aromatic N) is 6. The van der Waals surface area contributed by atoms with E-state index in [-0.39, 0.29) is 52.0 Å². The smallest absolute Gasteiger partial charge is 0.138 e. The van der Waals surface area contributed by atoms with E-state index in [0.29, 0.717) is 0 Å². The summed E-state index contributed by atoms with van der Waals surface area (Å²) in [5.41, 5.74) is 0.898. The van der Waals surface area contributed by atoms with Crippen LogP contribution in [-0.4, -0.2) is 30.1 Å². The van der Waals surface area contributed by atoms with Gasteiger partial charge in [0.05, 0.1) is 11.9 Å². The monoisotopic (exact) mass is 322 g/mol. The quantitative estimate of drug-likeness (QED) is 0.680. The molecule has 0 atom stereocenters. The van der Waals surface area contributed by atoms with Crippen molar-refractivity contribution in [1.82, 2.24) is 30.1 Å². The predicted octanol–water partition coefficient (Wildman–Crippen LogP) is 1.26. The van der Waals surface area contributed by atoms with E-state index >= 15 is 0 Å². The molecular formula is C10H16N6V2-2. The summed E-state index contributed by atoms with van der Waals surface area (Å²) in [6.07, 6.45) is 5.99. The summed E-state index contributed by atoms with van der Waals surface area (Å²) in [5, 5.41) is 7.06. The molecule has 0 aromatic carbocycles. The van der Waals surface area contributed by atoms with Gasteiger partial charge in [-0.2, -0.15) is 5.10 Å². The Labute approximate surface area is 132 Å². The maximum absolute atomic E-state index is 3.81. The van der Waals surface area contributed by atoms with Crippen molar-refractivity contribution in [3.05, 3.63) is 51.6 Å². The fraction of sp³-hybridized carbons (Fsp3) is 0.200. The van der Waals surface area contributed by atoms with E-state index in [2.05, 4.69) is 30.1 Å². The van der Waals surface area contributed by atoms with Crippen LogP contribution < -0.4 is 0 Å². The molecule has 0 N–H and O–H groups in total. The molecule has 0 saturated carbocycles. The maximum atomic E-state index is 3.81. The van der Waals surface area contributed by atoms with Crippen molar-refractivity contribution < 1.29 is 37.1 Å². The molecule has 0 spiro atoms. The van der Waals surface area contributed by atoms with Crippen molar-refractivity contribution in [2.24, 2.45) is 0 Å². The predicted molar refractivity (Wildman–Crippen MR) is 62.0 cm³/mol. The first-order valence-corrected chi connectivity index (χ1v) is 3.97. The summed E-state index contributed by atoms with van der Waals surface area (Å²) in [6.45, 7) is 3.69. The first-order valence-electron chi connectivity index (χ1n) is 3.97. The Kier molecular flexibility index (Phi) is 23.3. The summed E-state index contributed by atoms with van der Waals surface area (Å²) in [6, 6.07) is 0. The number of aromatic nitrogens is 6. The molecular weight excluding hydrogens is 306 g/mol. The van der Waals surface area contributed by atoms with Gasteiger partial charge < -0.3 is 14.9 Å². The number of hydrogen-bond acceptors (Lipinski definition) is 6. The van der Waals surface area contributed by atoms with Gasteiger partial charge in [-0.3, -0.25) is 0 Å². The fourth-order valence-corrected chi connectivity index (χ4v) is 0.594. The average Bonchev–Trinajstić information content (AvgIpc) is 2.21. The molecule has 0 aliphatic carbocycles. The number of hydrogen-bond donors (Lipinski definition) is 0. The molecule has 2 aromatic heterocycles. The van der Waals surface area contributed by atoms with Crippen LogP contribution in [0.25, 0.3) is 0 Å². The summed E-state index contributed by atoms with van der Waals surface area (Å²) in [7, 11) is 0. The number of rotatable bonds is 0. The van der Waals surface area contributed by atoms with E-state index < -0.39 is 0 Å². The molecule has 98 valence electrons. The SMILES string of the molecule is Cc1cnncn1.Cc1ncncn1.[CH3-].[CH3-].[V].[V]. The Balaban J connectivity index is -0.0000000891. The van der Waals surface area contributed by atoms with Crippen LogP contribution in [0.2, 0.25) is 0 Å². The first kappa shape index (κ1) is 25.9. The van der Waals surface area contributed by atoms with Gasteiger partial charge in [0.2, 0.25) is 0 Å². The molecule has 2 rings (SSSR count). The second-order valence-corrected chi connectivity index (χ2v) is 2.43. The van der Waals surface area contributed by atoms with Crippen LogP contribution in [0.3, 0.4) is 0 Å². The largest absolute Gasteiger partial charge is 0.358 e. The fourth-order valence-electron chi connectivity index (χ4n) is 0.594. The van der Waals surface area contributed by atoms with Crippen LogP contribution in [0.4, 0.5) is 0 Å². The minimum absolute atomic E-state index is 0. The molecule has 0 aliphatic heterocycles. The van der Waals surface area contributed by atoms with Gasteiger partial charge in [0.1, 0.15) is 24.8 Å². The number of aryl methyl sites for hydroxylation is 2. The van der Waals surface area contributed by atoms with Crippen molar-refractivity contribution >= 4 is 0 Å². The molecule has 2 heterocycles. The molecule has 0 unspecified atom stereocenters. The van der Waals surface area contributed by atoms with Gasteiger partial charge in [0.25, 0.3) is 0 Å². The summed E-state index contributed by atoms with van der Waals surface area (Å²) >= 11 is 0. The topological polar surface area (TPSA) is 77.3 Å². The van der Waals surface area contributed by atoms with Crippen molar-refractivity contribution in [2.45, 2.75) is 13.8 Å². The van der Waals surface area contributed by atoms with Crippen molar-refractivity contribution in [3.8, 4) is 0 Å². The zero-order chi connectivity index (χ0) is 10.2. The van der Waals surface area contributed by atoms with Crippen molar-refractivity contribution in [3.63, 3.8) is 0 Å². The molecule has 8 heteroatoms. The van der Waals surface area contributed by atoms with E-state index in [1.807, 2.05) is 13.8 Å². The van der Waals surface area contributed by atoms with Gasteiger partial charge in [0.15, 0.2) is 0 Å². The second kappa shape index (κ2) is 16.2. The molecule has 0 fully saturated rings. The third kappa shape index (κ3) is 13.3. The van der Waals surface area contributed by atoms with Gasteiger partial charge in [-0.1, -0.05) is 0 Å². The van der Waals surface area contributed by atoms with E-state index in [0.717, 1.165) is 11.5 Å². The van der Waals surface area contributed by atoms with Gasteiger partial charge in [0, 0.05) is 37.1 Å². The van der Waals surface area contributed by atoms with Crippen LogP contribution in [-0.2, 0) is 37.1 Å². The molecule has 0 aliphatic rings. The summed E-state index contributed by atoms with van der Waals surface area (Å²) < 4.78 is 0. The van der Waals surface area contributed by atoms with E-state index in [1.54, 1.807) is 6.20 Å². The second-order valence-electron chi connectivity index (χ2n) is 2.43. The molecule has 2 radical (unpaired) electrons. The Morgan fingerprint density at radius 2 is 1.33 bits per heavy atom. The van der Waals surface area contributed by atoms with Gasteiger partial charge in [-0.25, -0.2) is 19.9 Å². The van der Waals surface area contributed by atoms with E-state index in [4.69, 9.17) is 0 Å². The standard InChI is InChI=1S/2C4H5N3.2CH3.2V/c1-4-6-2-5-3-7-4;1-4-2-6-7-3-5-4;;;;/h2*2-3H,1H3;2*1H3;;/q;;2*-1;;. The van der Waals surface area contributed by atoms with Gasteiger partial charge >= 0.3 is 0 Å². The summed E-state index contributed by atoms with van der Waals surface area (Å²) in [4.78, 5) is 14.9. The molecule has 6 nitrogen and oxygen atoms in total. The minimum atomic E-state index is 0. The Morgan fingerprint density at radius 1 is 0.778 bits per heavy atom. The molecule has 0 saturated heterocycles. The third-order valence-electron chi connectivity index (χ3n) is 1.25. The molecule has 2 aromatic rings. The first-order chi connectivity index (χ1) is 6.79. The van der Waals surface area contributed by atoms with Gasteiger partial charge in [-0.15, -0.1) is 5.10 Å². The van der Waals surface area contributed by atoms with Crippen LogP contribution in [0.15, 0.2) is 25.2 Å². The summed E-state index contributed by atoms with van der Waals surface area (Å²) in [5.74, 6) is 0.759. The van der Waals surface area contributed by atoms with Crippen molar-refractivity contribution in [2.75, 3.05) is 0 Å². The van der Waals surface area contributed by atoms with Crippen LogP contribution >= 0.6 is 0 Å². The maximum Gasteiger partial charge on any atom is 0.138 e. The van der Waals surface area contributed by atoms with Gasteiger partial charge in [-0.05, 0) is 13.8 Å². The van der Waals surface area contributed by atoms with Crippen LogP contribution in [0.1, 0.15) is 11.5 Å². The third-order valence-corrected chi connectivity index (χ3v) is 1.25. The van der Waals surface area contributed by atoms with Crippen LogP contribution in [0.5, 0.6) is 0 Å². The molecule has 0 amide bonds. The average molecular weight is 322 g/mol. The van der Waals surface area contributed by atoms with Crippen LogP contribution in [0, 0.1) is 28.7 Å². The Morgan fingerprint density at radius 3 is 1.56 bits per heavy atom. The minimum Gasteiger partial charge on any atom is -0.358 e. The Bertz CT molecular complexity index is 322. The Hall–Kier alpha value is -0.811. The normalized spacial score (nSPS) is 6.78. The van der Waals surface area contributed by atoms with Crippen molar-refractivity contribution in [1.29, 1.82) is 0 Å². The molecule has 18 heavy (non-hydrogen) atoms. The van der Waals surface area contributed by atoms with E-state index in [9.17, 15) is 0 Å².